The molecule has 7 nitrogen and oxygen atoms in total. The monoisotopic (exact) mass is 294 g/mol. The number of amides is 2. The molecule has 0 bridgehead atoms. The predicted molar refractivity (Wildman–Crippen MR) is 81.7 cm³/mol. The number of hydrogen-bond donors (Lipinski definition) is 1. The molecule has 7 heteroatoms. The Morgan fingerprint density at radius 1 is 1.23 bits per heavy atom. The van der Waals surface area contributed by atoms with Gasteiger partial charge in [0.1, 0.15) is 5.65 Å². The van der Waals surface area contributed by atoms with Gasteiger partial charge in [-0.3, -0.25) is 4.90 Å². The molecule has 0 atom stereocenters. The molecule has 110 valence electrons. The second-order valence-corrected chi connectivity index (χ2v) is 5.25. The van der Waals surface area contributed by atoms with E-state index in [0.29, 0.717) is 18.9 Å². The Hall–Kier alpha value is -2.96. The molecule has 0 aliphatic carbocycles. The quantitative estimate of drug-likeness (QED) is 0.779. The van der Waals surface area contributed by atoms with Crippen LogP contribution in [0.2, 0.25) is 0 Å². The summed E-state index contributed by atoms with van der Waals surface area (Å²) < 4.78 is 1.92. The Morgan fingerprint density at radius 2 is 2.14 bits per heavy atom. The van der Waals surface area contributed by atoms with E-state index in [0.717, 1.165) is 22.5 Å². The van der Waals surface area contributed by atoms with E-state index in [9.17, 15) is 4.79 Å². The molecule has 22 heavy (non-hydrogen) atoms. The van der Waals surface area contributed by atoms with Crippen LogP contribution in [-0.2, 0) is 0 Å². The minimum absolute atomic E-state index is 0.0995. The number of carbonyl (C=O) groups excluding carboxylic acids is 1. The zero-order valence-electron chi connectivity index (χ0n) is 12.0. The number of pyridine rings is 1. The first-order valence-electron chi connectivity index (χ1n) is 7.04. The fraction of sp³-hybridized carbons (Fsp3) is 0.200. The van der Waals surface area contributed by atoms with E-state index < -0.39 is 0 Å². The van der Waals surface area contributed by atoms with Gasteiger partial charge in [-0.05, 0) is 25.1 Å². The van der Waals surface area contributed by atoms with Gasteiger partial charge in [-0.2, -0.15) is 10.2 Å². The van der Waals surface area contributed by atoms with Gasteiger partial charge in [0.05, 0.1) is 18.1 Å². The number of aryl methyl sites for hydroxylation is 1. The van der Waals surface area contributed by atoms with Gasteiger partial charge in [-0.25, -0.2) is 9.78 Å². The van der Waals surface area contributed by atoms with Gasteiger partial charge in [0.2, 0.25) is 0 Å². The molecule has 0 radical (unpaired) electrons. The summed E-state index contributed by atoms with van der Waals surface area (Å²) in [6, 6.07) is 5.81. The highest BCUT2D eigenvalue weighted by Crippen LogP contribution is 2.22. The summed E-state index contributed by atoms with van der Waals surface area (Å²) in [6.07, 6.45) is 5.58. The third-order valence-electron chi connectivity index (χ3n) is 3.68. The van der Waals surface area contributed by atoms with Gasteiger partial charge in [0, 0.05) is 30.4 Å². The molecule has 4 rings (SSSR count). The minimum Gasteiger partial charge on any atom is -0.336 e. The van der Waals surface area contributed by atoms with Crippen LogP contribution in [0.4, 0.5) is 10.6 Å². The van der Waals surface area contributed by atoms with Crippen molar-refractivity contribution in [1.29, 1.82) is 0 Å². The van der Waals surface area contributed by atoms with E-state index >= 15 is 0 Å². The molecular formula is C15H14N6O. The van der Waals surface area contributed by atoms with Crippen LogP contribution in [0, 0.1) is 6.92 Å². The van der Waals surface area contributed by atoms with Crippen molar-refractivity contribution < 1.29 is 4.79 Å². The fourth-order valence-electron chi connectivity index (χ4n) is 2.60. The van der Waals surface area contributed by atoms with E-state index in [-0.39, 0.29) is 6.03 Å². The first kappa shape index (κ1) is 12.8. The molecular weight excluding hydrogens is 280 g/mol. The zero-order chi connectivity index (χ0) is 15.1. The van der Waals surface area contributed by atoms with Crippen molar-refractivity contribution in [3.05, 3.63) is 42.5 Å². The zero-order valence-corrected chi connectivity index (χ0v) is 12.0. The van der Waals surface area contributed by atoms with Crippen LogP contribution in [0.3, 0.4) is 0 Å². The summed E-state index contributed by atoms with van der Waals surface area (Å²) in [7, 11) is 0. The maximum Gasteiger partial charge on any atom is 0.323 e. The van der Waals surface area contributed by atoms with Crippen molar-refractivity contribution in [2.75, 3.05) is 18.0 Å². The van der Waals surface area contributed by atoms with Crippen LogP contribution >= 0.6 is 0 Å². The molecule has 4 heterocycles. The van der Waals surface area contributed by atoms with E-state index in [4.69, 9.17) is 0 Å². The molecule has 1 aliphatic heterocycles. The molecule has 0 unspecified atom stereocenters. The van der Waals surface area contributed by atoms with Crippen molar-refractivity contribution >= 4 is 17.5 Å². The number of nitrogens with one attached hydrogen (secondary N) is 1. The number of aromatic nitrogens is 4. The maximum atomic E-state index is 11.7. The minimum atomic E-state index is -0.0995. The molecule has 2 amide bonds. The molecule has 3 aromatic rings. The lowest BCUT2D eigenvalue weighted by molar-refractivity contribution is 0.252. The number of imidazole rings is 1. The topological polar surface area (TPSA) is 75.4 Å². The molecule has 1 aliphatic rings. The van der Waals surface area contributed by atoms with Crippen LogP contribution < -0.4 is 10.2 Å². The number of urea groups is 1. The lowest BCUT2D eigenvalue weighted by atomic mass is 10.1. The second kappa shape index (κ2) is 4.80. The summed E-state index contributed by atoms with van der Waals surface area (Å²) in [6.45, 7) is 3.21. The Morgan fingerprint density at radius 3 is 2.91 bits per heavy atom. The van der Waals surface area contributed by atoms with Crippen molar-refractivity contribution in [3.63, 3.8) is 0 Å². The Bertz CT molecular complexity index is 871. The number of fused-ring (bicyclic) bond motifs is 1. The number of hydrogen-bond acceptors (Lipinski definition) is 4. The molecule has 0 spiro atoms. The van der Waals surface area contributed by atoms with E-state index in [1.807, 2.05) is 41.9 Å². The fourth-order valence-corrected chi connectivity index (χ4v) is 2.60. The molecule has 1 fully saturated rings. The van der Waals surface area contributed by atoms with Crippen LogP contribution in [0.5, 0.6) is 0 Å². The third kappa shape index (κ3) is 2.07. The van der Waals surface area contributed by atoms with Crippen LogP contribution in [-0.4, -0.2) is 38.7 Å². The number of anilines is 1. The molecule has 0 saturated carbocycles. The van der Waals surface area contributed by atoms with Gasteiger partial charge < -0.3 is 9.72 Å². The van der Waals surface area contributed by atoms with Crippen molar-refractivity contribution in [2.24, 2.45) is 0 Å². The van der Waals surface area contributed by atoms with Gasteiger partial charge in [0.15, 0.2) is 5.82 Å². The smallest absolute Gasteiger partial charge is 0.323 e. The van der Waals surface area contributed by atoms with E-state index in [1.165, 1.54) is 0 Å². The number of nitrogens with zero attached hydrogens (tertiary/aromatic N) is 5. The van der Waals surface area contributed by atoms with Crippen molar-refractivity contribution in [2.45, 2.75) is 6.92 Å². The summed E-state index contributed by atoms with van der Waals surface area (Å²) in [5, 5.41) is 10.7. The van der Waals surface area contributed by atoms with Crippen LogP contribution in [0.15, 0.2) is 36.8 Å². The Balaban J connectivity index is 1.76. The molecule has 1 N–H and O–H groups in total. The average Bonchev–Trinajstić information content (AvgIpc) is 3.11. The average molecular weight is 294 g/mol. The van der Waals surface area contributed by atoms with E-state index in [1.54, 1.807) is 11.1 Å². The summed E-state index contributed by atoms with van der Waals surface area (Å²) >= 11 is 0. The Kier molecular flexibility index (Phi) is 2.78. The first-order valence-corrected chi connectivity index (χ1v) is 7.04. The SMILES string of the molecule is Cc1cc(-c2ccc3nc(N4CCNC4=O)cn3c2)cnn1. The van der Waals surface area contributed by atoms with Gasteiger partial charge in [-0.15, -0.1) is 0 Å². The van der Waals surface area contributed by atoms with Crippen molar-refractivity contribution in [1.82, 2.24) is 24.9 Å². The second-order valence-electron chi connectivity index (χ2n) is 5.25. The van der Waals surface area contributed by atoms with Crippen LogP contribution in [0.1, 0.15) is 5.69 Å². The third-order valence-corrected chi connectivity index (χ3v) is 3.68. The lowest BCUT2D eigenvalue weighted by Gasteiger charge is -2.08. The first-order chi connectivity index (χ1) is 10.7. The highest BCUT2D eigenvalue weighted by atomic mass is 16.2. The highest BCUT2D eigenvalue weighted by molar-refractivity contribution is 5.93. The van der Waals surface area contributed by atoms with Crippen molar-refractivity contribution in [3.8, 4) is 11.1 Å². The summed E-state index contributed by atoms with van der Waals surface area (Å²) in [4.78, 5) is 17.9. The lowest BCUT2D eigenvalue weighted by Crippen LogP contribution is -2.27. The number of rotatable bonds is 2. The standard InChI is InChI=1S/C15H14N6O/c1-10-6-12(7-17-19-10)11-2-3-13-18-14(9-20(13)8-11)21-5-4-16-15(21)22/h2-3,6-9H,4-5H2,1H3,(H,16,22). The molecule has 1 saturated heterocycles. The Labute approximate surface area is 126 Å². The van der Waals surface area contributed by atoms with Gasteiger partial charge >= 0.3 is 6.03 Å². The van der Waals surface area contributed by atoms with Crippen LogP contribution in [0.25, 0.3) is 16.8 Å². The van der Waals surface area contributed by atoms with Gasteiger partial charge in [0.25, 0.3) is 0 Å². The summed E-state index contributed by atoms with van der Waals surface area (Å²) in [5.41, 5.74) is 3.71. The highest BCUT2D eigenvalue weighted by Gasteiger charge is 2.23. The van der Waals surface area contributed by atoms with E-state index in [2.05, 4.69) is 20.5 Å². The largest absolute Gasteiger partial charge is 0.336 e. The summed E-state index contributed by atoms with van der Waals surface area (Å²) in [5.74, 6) is 0.663. The molecule has 0 aromatic carbocycles. The normalized spacial score (nSPS) is 14.6. The number of carbonyl (C=O) groups is 1. The van der Waals surface area contributed by atoms with Gasteiger partial charge in [-0.1, -0.05) is 0 Å². The molecule has 3 aromatic heterocycles. The maximum absolute atomic E-state index is 11.7. The predicted octanol–water partition coefficient (Wildman–Crippen LogP) is 1.63.